The number of amidine groups is 2. The van der Waals surface area contributed by atoms with Crippen molar-refractivity contribution in [2.45, 2.75) is 44.6 Å². The summed E-state index contributed by atoms with van der Waals surface area (Å²) in [7, 11) is 1.60. The number of nitrogens with zero attached hydrogens (tertiary/aromatic N) is 2. The summed E-state index contributed by atoms with van der Waals surface area (Å²) in [5.74, 6) is 0.241. The summed E-state index contributed by atoms with van der Waals surface area (Å²) in [5.41, 5.74) is 8.08. The number of hydrogen-bond donors (Lipinski definition) is 4. The van der Waals surface area contributed by atoms with Crippen molar-refractivity contribution in [1.82, 2.24) is 16.2 Å². The van der Waals surface area contributed by atoms with Gasteiger partial charge in [-0.3, -0.25) is 20.5 Å². The molecule has 0 spiro atoms. The van der Waals surface area contributed by atoms with Crippen molar-refractivity contribution in [1.29, 1.82) is 5.41 Å². The SMILES string of the molecule is CCC(SC1=NC2NNC(C)C2C(=N)N1c1ccc(C)c(Cl)c1)C(=O)NCCOC. The number of halogens is 1. The lowest BCUT2D eigenvalue weighted by molar-refractivity contribution is -0.120. The number of methoxy groups -OCH3 is 1. The minimum Gasteiger partial charge on any atom is -0.383 e. The first-order chi connectivity index (χ1) is 14.4. The maximum Gasteiger partial charge on any atom is 0.233 e. The number of aliphatic imine (C=N–C) groups is 1. The highest BCUT2D eigenvalue weighted by Crippen LogP contribution is 2.34. The zero-order chi connectivity index (χ0) is 21.8. The fourth-order valence-electron chi connectivity index (χ4n) is 3.49. The Hall–Kier alpha value is -1.65. The quantitative estimate of drug-likeness (QED) is 0.474. The van der Waals surface area contributed by atoms with Crippen molar-refractivity contribution in [2.75, 3.05) is 25.2 Å². The summed E-state index contributed by atoms with van der Waals surface area (Å²) >= 11 is 7.75. The molecule has 0 aromatic heterocycles. The number of fused-ring (bicyclic) bond motifs is 1. The number of hydrogen-bond acceptors (Lipinski definition) is 7. The van der Waals surface area contributed by atoms with Crippen LogP contribution in [0, 0.1) is 18.3 Å². The van der Waals surface area contributed by atoms with Crippen LogP contribution in [0.1, 0.15) is 25.8 Å². The van der Waals surface area contributed by atoms with Crippen LogP contribution < -0.4 is 21.1 Å². The predicted octanol–water partition coefficient (Wildman–Crippen LogP) is 2.51. The molecule has 30 heavy (non-hydrogen) atoms. The molecule has 0 radical (unpaired) electrons. The fourth-order valence-corrected chi connectivity index (χ4v) is 4.76. The molecule has 4 unspecified atom stereocenters. The Morgan fingerprint density at radius 1 is 1.47 bits per heavy atom. The lowest BCUT2D eigenvalue weighted by atomic mass is 9.97. The Kier molecular flexibility index (Phi) is 7.75. The normalized spacial score (nSPS) is 24.4. The monoisotopic (exact) mass is 452 g/mol. The molecule has 10 heteroatoms. The first kappa shape index (κ1) is 23.0. The minimum atomic E-state index is -0.333. The third kappa shape index (κ3) is 4.81. The van der Waals surface area contributed by atoms with Crippen molar-refractivity contribution >= 4 is 46.0 Å². The van der Waals surface area contributed by atoms with E-state index in [-0.39, 0.29) is 29.3 Å². The van der Waals surface area contributed by atoms with Gasteiger partial charge in [0.15, 0.2) is 5.17 Å². The lowest BCUT2D eigenvalue weighted by Crippen LogP contribution is -2.51. The molecule has 0 aliphatic carbocycles. The van der Waals surface area contributed by atoms with Gasteiger partial charge in [-0.15, -0.1) is 0 Å². The van der Waals surface area contributed by atoms with E-state index in [0.717, 1.165) is 11.3 Å². The van der Waals surface area contributed by atoms with Crippen LogP contribution in [0.25, 0.3) is 0 Å². The van der Waals surface area contributed by atoms with Gasteiger partial charge in [-0.2, -0.15) is 0 Å². The van der Waals surface area contributed by atoms with Gasteiger partial charge in [-0.05, 0) is 38.0 Å². The summed E-state index contributed by atoms with van der Waals surface area (Å²) in [6.07, 6.45) is 0.385. The van der Waals surface area contributed by atoms with Gasteiger partial charge in [-0.25, -0.2) is 10.4 Å². The van der Waals surface area contributed by atoms with Gasteiger partial charge in [0.2, 0.25) is 5.91 Å². The molecule has 0 saturated carbocycles. The predicted molar refractivity (Wildman–Crippen MR) is 123 cm³/mol. The van der Waals surface area contributed by atoms with Crippen molar-refractivity contribution in [2.24, 2.45) is 10.9 Å². The van der Waals surface area contributed by atoms with E-state index in [0.29, 0.717) is 35.6 Å². The third-order valence-electron chi connectivity index (χ3n) is 5.27. The second-order valence-electron chi connectivity index (χ2n) is 7.41. The smallest absolute Gasteiger partial charge is 0.233 e. The number of amides is 1. The van der Waals surface area contributed by atoms with E-state index in [2.05, 4.69) is 16.2 Å². The highest BCUT2D eigenvalue weighted by atomic mass is 35.5. The maximum absolute atomic E-state index is 12.7. The van der Waals surface area contributed by atoms with E-state index in [1.165, 1.54) is 11.8 Å². The number of nitrogens with one attached hydrogen (secondary N) is 4. The van der Waals surface area contributed by atoms with Crippen LogP contribution in [0.5, 0.6) is 0 Å². The van der Waals surface area contributed by atoms with Gasteiger partial charge in [0, 0.05) is 24.7 Å². The van der Waals surface area contributed by atoms with Crippen molar-refractivity contribution < 1.29 is 9.53 Å². The average molecular weight is 453 g/mol. The van der Waals surface area contributed by atoms with Gasteiger partial charge in [0.1, 0.15) is 12.0 Å². The van der Waals surface area contributed by atoms with Crippen molar-refractivity contribution in [3.05, 3.63) is 28.8 Å². The van der Waals surface area contributed by atoms with Gasteiger partial charge in [-0.1, -0.05) is 36.4 Å². The molecule has 2 aliphatic heterocycles. The largest absolute Gasteiger partial charge is 0.383 e. The zero-order valence-electron chi connectivity index (χ0n) is 17.7. The Balaban J connectivity index is 1.91. The minimum absolute atomic E-state index is 0.0561. The number of thioether (sulfide) groups is 1. The van der Waals surface area contributed by atoms with Crippen LogP contribution in [0.4, 0.5) is 5.69 Å². The standard InChI is InChI=1S/C20H29ClN6O2S/c1-5-15(19(28)23-8-9-29-4)30-20-24-18-16(12(3)25-26-18)17(22)27(20)13-7-6-11(2)14(21)10-13/h6-7,10,12,15-16,18,22,25-26H,5,8-9H2,1-4H3,(H,23,28). The van der Waals surface area contributed by atoms with Gasteiger partial charge >= 0.3 is 0 Å². The molecule has 1 aromatic rings. The van der Waals surface area contributed by atoms with Gasteiger partial charge in [0.05, 0.1) is 23.5 Å². The number of anilines is 1. The lowest BCUT2D eigenvalue weighted by Gasteiger charge is -2.36. The molecule has 2 aliphatic rings. The highest BCUT2D eigenvalue weighted by Gasteiger charge is 2.44. The van der Waals surface area contributed by atoms with Gasteiger partial charge in [0.25, 0.3) is 0 Å². The van der Waals surface area contributed by atoms with Crippen LogP contribution in [0.3, 0.4) is 0 Å². The van der Waals surface area contributed by atoms with E-state index in [4.69, 9.17) is 26.7 Å². The van der Waals surface area contributed by atoms with E-state index < -0.39 is 0 Å². The Labute approximate surface area is 186 Å². The summed E-state index contributed by atoms with van der Waals surface area (Å²) in [5, 5.41) is 12.7. The fraction of sp³-hybridized carbons (Fsp3) is 0.550. The summed E-state index contributed by atoms with van der Waals surface area (Å²) in [6.45, 7) is 6.86. The molecule has 1 fully saturated rings. The average Bonchev–Trinajstić information content (AvgIpc) is 3.09. The molecule has 1 amide bonds. The second-order valence-corrected chi connectivity index (χ2v) is 8.99. The van der Waals surface area contributed by atoms with Crippen molar-refractivity contribution in [3.63, 3.8) is 0 Å². The molecule has 8 nitrogen and oxygen atoms in total. The highest BCUT2D eigenvalue weighted by molar-refractivity contribution is 8.15. The first-order valence-electron chi connectivity index (χ1n) is 10.0. The Morgan fingerprint density at radius 3 is 2.90 bits per heavy atom. The van der Waals surface area contributed by atoms with Crippen molar-refractivity contribution in [3.8, 4) is 0 Å². The van der Waals surface area contributed by atoms with Crippen LogP contribution in [-0.4, -0.2) is 54.6 Å². The summed E-state index contributed by atoms with van der Waals surface area (Å²) < 4.78 is 5.01. The maximum atomic E-state index is 12.7. The molecule has 3 rings (SSSR count). The molecule has 1 saturated heterocycles. The van der Waals surface area contributed by atoms with E-state index >= 15 is 0 Å². The number of aryl methyl sites for hydroxylation is 1. The molecule has 4 N–H and O–H groups in total. The molecular formula is C20H29ClN6O2S. The van der Waals surface area contributed by atoms with Crippen LogP contribution >= 0.6 is 23.4 Å². The Morgan fingerprint density at radius 2 is 2.23 bits per heavy atom. The second kappa shape index (κ2) is 10.1. The number of rotatable bonds is 7. The number of carbonyl (C=O) groups excluding carboxylic acids is 1. The number of ether oxygens (including phenoxy) is 1. The van der Waals surface area contributed by atoms with E-state index in [9.17, 15) is 4.79 Å². The first-order valence-corrected chi connectivity index (χ1v) is 11.3. The molecular weight excluding hydrogens is 424 g/mol. The summed E-state index contributed by atoms with van der Waals surface area (Å²) in [4.78, 5) is 19.3. The van der Waals surface area contributed by atoms with E-state index in [1.807, 2.05) is 43.9 Å². The molecule has 164 valence electrons. The molecule has 2 heterocycles. The zero-order valence-corrected chi connectivity index (χ0v) is 19.2. The molecule has 4 atom stereocenters. The molecule has 0 bridgehead atoms. The number of benzene rings is 1. The van der Waals surface area contributed by atoms with Crippen LogP contribution in [-0.2, 0) is 9.53 Å². The number of carbonyl (C=O) groups is 1. The van der Waals surface area contributed by atoms with E-state index in [1.54, 1.807) is 7.11 Å². The topological polar surface area (TPSA) is 102 Å². The summed E-state index contributed by atoms with van der Waals surface area (Å²) in [6, 6.07) is 5.78. The third-order valence-corrected chi connectivity index (χ3v) is 7.00. The number of hydrazine groups is 1. The van der Waals surface area contributed by atoms with Crippen LogP contribution in [0.2, 0.25) is 5.02 Å². The molecule has 1 aromatic carbocycles. The Bertz CT molecular complexity index is 836. The van der Waals surface area contributed by atoms with Gasteiger partial charge < -0.3 is 10.1 Å². The van der Waals surface area contributed by atoms with Crippen LogP contribution in [0.15, 0.2) is 23.2 Å².